The van der Waals surface area contributed by atoms with Gasteiger partial charge >= 0.3 is 60.5 Å². The Bertz CT molecular complexity index is 363. The van der Waals surface area contributed by atoms with Crippen LogP contribution in [0.4, 0.5) is 0 Å². The van der Waals surface area contributed by atoms with Gasteiger partial charge in [0.15, 0.2) is 0 Å². The van der Waals surface area contributed by atoms with Crippen molar-refractivity contribution in [3.8, 4) is 0 Å². The third kappa shape index (κ3) is 6.24. The summed E-state index contributed by atoms with van der Waals surface area (Å²) >= 11 is 0. The fourth-order valence-corrected chi connectivity index (χ4v) is 2.27. The quantitative estimate of drug-likeness (QED) is 0.412. The SMILES string of the molecule is Cc1ccc(SS(=O)(=O)O)cc1.[H-].[K+]. The Balaban J connectivity index is 0. The molecule has 0 spiro atoms. The maximum atomic E-state index is 10.4. The summed E-state index contributed by atoms with van der Waals surface area (Å²) < 4.78 is 29.3. The minimum atomic E-state index is -3.97. The van der Waals surface area contributed by atoms with E-state index in [0.29, 0.717) is 15.7 Å². The maximum Gasteiger partial charge on any atom is 1.00 e. The van der Waals surface area contributed by atoms with Crippen LogP contribution in [0.3, 0.4) is 0 Å². The van der Waals surface area contributed by atoms with Crippen molar-refractivity contribution >= 4 is 19.9 Å². The van der Waals surface area contributed by atoms with Gasteiger partial charge in [0.05, 0.1) is 0 Å². The van der Waals surface area contributed by atoms with Crippen LogP contribution in [0.25, 0.3) is 0 Å². The average Bonchev–Trinajstić information content (AvgIpc) is 1.91. The Morgan fingerprint density at radius 1 is 1.31 bits per heavy atom. The van der Waals surface area contributed by atoms with Gasteiger partial charge in [-0.1, -0.05) is 17.7 Å². The van der Waals surface area contributed by atoms with Crippen LogP contribution in [0.2, 0.25) is 0 Å². The van der Waals surface area contributed by atoms with E-state index in [1.807, 2.05) is 6.92 Å². The molecule has 13 heavy (non-hydrogen) atoms. The summed E-state index contributed by atoms with van der Waals surface area (Å²) in [6.07, 6.45) is 0. The average molecular weight is 244 g/mol. The molecule has 6 heteroatoms. The normalized spacial score (nSPS) is 10.6. The van der Waals surface area contributed by atoms with Gasteiger partial charge in [-0.2, -0.15) is 8.42 Å². The van der Waals surface area contributed by atoms with Crippen molar-refractivity contribution in [1.29, 1.82) is 0 Å². The van der Waals surface area contributed by atoms with E-state index >= 15 is 0 Å². The van der Waals surface area contributed by atoms with Crippen molar-refractivity contribution < 1.29 is 65.8 Å². The molecule has 1 rings (SSSR count). The first-order chi connectivity index (χ1) is 5.47. The minimum absolute atomic E-state index is 0. The molecule has 0 heterocycles. The number of rotatable bonds is 2. The second-order valence-corrected chi connectivity index (χ2v) is 5.58. The molecule has 1 N–H and O–H groups in total. The number of aryl methyl sites for hydroxylation is 1. The van der Waals surface area contributed by atoms with Crippen LogP contribution in [0.5, 0.6) is 0 Å². The molecule has 0 atom stereocenters. The van der Waals surface area contributed by atoms with E-state index in [2.05, 4.69) is 0 Å². The summed E-state index contributed by atoms with van der Waals surface area (Å²) in [5, 5.41) is 0. The molecule has 1 aromatic rings. The van der Waals surface area contributed by atoms with Crippen molar-refractivity contribution in [2.24, 2.45) is 0 Å². The van der Waals surface area contributed by atoms with Crippen molar-refractivity contribution in [2.75, 3.05) is 0 Å². The van der Waals surface area contributed by atoms with Gasteiger partial charge in [-0.25, -0.2) is 0 Å². The molecule has 0 aliphatic rings. The first-order valence-corrected chi connectivity index (χ1v) is 5.98. The predicted octanol–water partition coefficient (Wildman–Crippen LogP) is -0.994. The molecular formula is C7H9KO3S2. The topological polar surface area (TPSA) is 54.4 Å². The van der Waals surface area contributed by atoms with Crippen molar-refractivity contribution in [3.63, 3.8) is 0 Å². The molecular weight excluding hydrogens is 235 g/mol. The molecule has 0 saturated heterocycles. The van der Waals surface area contributed by atoms with E-state index in [-0.39, 0.29) is 52.8 Å². The van der Waals surface area contributed by atoms with Crippen molar-refractivity contribution in [3.05, 3.63) is 29.8 Å². The van der Waals surface area contributed by atoms with Gasteiger partial charge in [0, 0.05) is 15.7 Å². The fourth-order valence-electron chi connectivity index (χ4n) is 0.715. The second-order valence-electron chi connectivity index (χ2n) is 2.32. The Hall–Kier alpha value is 1.12. The summed E-state index contributed by atoms with van der Waals surface area (Å²) in [7, 11) is -3.54. The third-order valence-electron chi connectivity index (χ3n) is 1.22. The van der Waals surface area contributed by atoms with Gasteiger partial charge in [-0.05, 0) is 19.1 Å². The first kappa shape index (κ1) is 14.1. The van der Waals surface area contributed by atoms with Crippen molar-refractivity contribution in [1.82, 2.24) is 0 Å². The molecule has 0 bridgehead atoms. The molecule has 0 unspecified atom stereocenters. The molecule has 0 fully saturated rings. The van der Waals surface area contributed by atoms with Gasteiger partial charge in [0.1, 0.15) is 0 Å². The van der Waals surface area contributed by atoms with Gasteiger partial charge in [-0.3, -0.25) is 4.55 Å². The van der Waals surface area contributed by atoms with E-state index in [1.165, 1.54) is 0 Å². The summed E-state index contributed by atoms with van der Waals surface area (Å²) in [6.45, 7) is 1.90. The van der Waals surface area contributed by atoms with Crippen LogP contribution in [0, 0.1) is 6.92 Å². The van der Waals surface area contributed by atoms with E-state index in [9.17, 15) is 8.42 Å². The van der Waals surface area contributed by atoms with E-state index in [0.717, 1.165) is 5.56 Å². The molecule has 0 aliphatic heterocycles. The number of hydrogen-bond acceptors (Lipinski definition) is 3. The molecule has 0 aromatic heterocycles. The number of benzene rings is 1. The van der Waals surface area contributed by atoms with Gasteiger partial charge in [0.2, 0.25) is 0 Å². The number of hydrogen-bond donors (Lipinski definition) is 1. The molecule has 0 radical (unpaired) electrons. The summed E-state index contributed by atoms with van der Waals surface area (Å²) in [4.78, 5) is 0.517. The molecule has 0 saturated carbocycles. The summed E-state index contributed by atoms with van der Waals surface area (Å²) in [6, 6.07) is 6.86. The van der Waals surface area contributed by atoms with Crippen LogP contribution >= 0.6 is 10.8 Å². The standard InChI is InChI=1S/C7H8O3S2.K.H/c1-6-2-4-7(5-3-6)11-12(8,9)10;;/h2-5H,1H3,(H,8,9,10);;/q;+1;-1. The monoisotopic (exact) mass is 244 g/mol. The molecule has 3 nitrogen and oxygen atoms in total. The maximum absolute atomic E-state index is 10.4. The van der Waals surface area contributed by atoms with E-state index in [1.54, 1.807) is 24.3 Å². The Kier molecular flexibility index (Phi) is 6.37. The van der Waals surface area contributed by atoms with Crippen LogP contribution in [0.15, 0.2) is 29.2 Å². The zero-order valence-corrected chi connectivity index (χ0v) is 12.1. The van der Waals surface area contributed by atoms with Crippen LogP contribution < -0.4 is 51.4 Å². The van der Waals surface area contributed by atoms with Crippen molar-refractivity contribution in [2.45, 2.75) is 11.8 Å². The van der Waals surface area contributed by atoms with Gasteiger partial charge < -0.3 is 1.43 Å². The first-order valence-electron chi connectivity index (χ1n) is 3.21. The largest absolute Gasteiger partial charge is 1.00 e. The fraction of sp³-hybridized carbons (Fsp3) is 0.143. The van der Waals surface area contributed by atoms with E-state index < -0.39 is 9.15 Å². The van der Waals surface area contributed by atoms with E-state index in [4.69, 9.17) is 4.55 Å². The molecule has 1 aromatic carbocycles. The summed E-state index contributed by atoms with van der Waals surface area (Å²) in [5.41, 5.74) is 1.05. The Morgan fingerprint density at radius 2 is 1.77 bits per heavy atom. The molecule has 0 aliphatic carbocycles. The third-order valence-corrected chi connectivity index (χ3v) is 3.11. The minimum Gasteiger partial charge on any atom is -1.00 e. The summed E-state index contributed by atoms with van der Waals surface area (Å²) in [5.74, 6) is 0. The Morgan fingerprint density at radius 3 is 2.15 bits per heavy atom. The molecule has 68 valence electrons. The zero-order chi connectivity index (χ0) is 9.19. The predicted molar refractivity (Wildman–Crippen MR) is 49.7 cm³/mol. The second kappa shape index (κ2) is 5.87. The van der Waals surface area contributed by atoms with Crippen LogP contribution in [-0.2, 0) is 9.15 Å². The molecule has 0 amide bonds. The van der Waals surface area contributed by atoms with Crippen LogP contribution in [-0.4, -0.2) is 13.0 Å². The zero-order valence-electron chi connectivity index (χ0n) is 8.39. The van der Waals surface area contributed by atoms with Gasteiger partial charge in [0.25, 0.3) is 0 Å². The van der Waals surface area contributed by atoms with Gasteiger partial charge in [-0.15, -0.1) is 0 Å². The smallest absolute Gasteiger partial charge is 1.00 e. The van der Waals surface area contributed by atoms with Crippen LogP contribution in [0.1, 0.15) is 6.99 Å². The Labute approximate surface area is 125 Å².